The van der Waals surface area contributed by atoms with Crippen LogP contribution < -0.4 is 4.90 Å². The van der Waals surface area contributed by atoms with Gasteiger partial charge in [0.2, 0.25) is 0 Å². The van der Waals surface area contributed by atoms with Gasteiger partial charge in [-0.05, 0) is 151 Å². The van der Waals surface area contributed by atoms with E-state index in [1.165, 1.54) is 110 Å². The van der Waals surface area contributed by atoms with Crippen LogP contribution >= 0.6 is 0 Å². The van der Waals surface area contributed by atoms with Gasteiger partial charge in [-0.25, -0.2) is 0 Å². The highest BCUT2D eigenvalue weighted by Crippen LogP contribution is 2.61. The van der Waals surface area contributed by atoms with Crippen molar-refractivity contribution in [2.75, 3.05) is 4.90 Å². The van der Waals surface area contributed by atoms with Gasteiger partial charge in [0, 0.05) is 44.2 Å². The largest absolute Gasteiger partial charge is 0.310 e. The quantitative estimate of drug-likeness (QED) is 0.148. The molecule has 13 aromatic carbocycles. The van der Waals surface area contributed by atoms with Gasteiger partial charge in [-0.15, -0.1) is 0 Å². The van der Waals surface area contributed by atoms with Crippen molar-refractivity contribution in [1.82, 2.24) is 9.13 Å². The Balaban J connectivity index is 0.838. The van der Waals surface area contributed by atoms with Crippen molar-refractivity contribution >= 4 is 60.7 Å². The molecule has 0 radical (unpaired) electrons. The highest BCUT2D eigenvalue weighted by Gasteiger charge is 2.51. The topological polar surface area (TPSA) is 13.1 Å². The smallest absolute Gasteiger partial charge is 0.0754 e. The standard InChI is InChI=1S/C79H51N3/c1-3-21-53(22-4-1)60-27-7-8-28-61(60)64-30-10-15-37-73(64)80(58-45-41-52(42-46-58)55-44-48-76-68(50-55)66-32-12-16-38-74(66)81(76)57-24-5-2-6-25-57)59-26-19-23-54(49-59)56-43-47-63-62-29-9-13-34-69(62)79(72(63)51-56)70-35-14-18-40-77(70)82-75-39-17-11-31-65(75)67-33-20-36-71(79)78(67)82/h1-51H. The zero-order valence-electron chi connectivity index (χ0n) is 44.8. The fraction of sp³-hybridized carbons (Fsp3) is 0.0127. The molecule has 0 bridgehead atoms. The summed E-state index contributed by atoms with van der Waals surface area (Å²) in [7, 11) is 0. The maximum Gasteiger partial charge on any atom is 0.0754 e. The van der Waals surface area contributed by atoms with E-state index >= 15 is 0 Å². The molecule has 3 nitrogen and oxygen atoms in total. The number of benzene rings is 13. The van der Waals surface area contributed by atoms with E-state index in [0.29, 0.717) is 0 Å². The number of para-hydroxylation sites is 6. The molecule has 15 aromatic rings. The Kier molecular flexibility index (Phi) is 10.2. The summed E-state index contributed by atoms with van der Waals surface area (Å²) in [6, 6.07) is 115. The second-order valence-electron chi connectivity index (χ2n) is 21.9. The summed E-state index contributed by atoms with van der Waals surface area (Å²) < 4.78 is 4.90. The van der Waals surface area contributed by atoms with Gasteiger partial charge in [-0.2, -0.15) is 0 Å². The molecule has 2 aliphatic rings. The van der Waals surface area contributed by atoms with E-state index in [1.54, 1.807) is 0 Å². The maximum atomic E-state index is 2.52. The molecular formula is C79H51N3. The van der Waals surface area contributed by atoms with Gasteiger partial charge in [-0.1, -0.05) is 231 Å². The molecule has 3 heteroatoms. The van der Waals surface area contributed by atoms with E-state index in [1.807, 2.05) is 0 Å². The van der Waals surface area contributed by atoms with E-state index in [2.05, 4.69) is 323 Å². The zero-order valence-corrected chi connectivity index (χ0v) is 44.8. The van der Waals surface area contributed by atoms with Crippen LogP contribution in [0.3, 0.4) is 0 Å². The minimum absolute atomic E-state index is 0.553. The van der Waals surface area contributed by atoms with Gasteiger partial charge < -0.3 is 14.0 Å². The van der Waals surface area contributed by atoms with Gasteiger partial charge in [0.25, 0.3) is 0 Å². The maximum absolute atomic E-state index is 2.52. The number of nitrogens with zero attached hydrogens (tertiary/aromatic N) is 3. The highest BCUT2D eigenvalue weighted by atomic mass is 15.1. The third-order valence-corrected chi connectivity index (χ3v) is 17.7. The Morgan fingerprint density at radius 2 is 0.793 bits per heavy atom. The molecule has 382 valence electrons. The van der Waals surface area contributed by atoms with Gasteiger partial charge in [0.15, 0.2) is 0 Å². The van der Waals surface area contributed by atoms with Crippen LogP contribution in [0.2, 0.25) is 0 Å². The number of hydrogen-bond donors (Lipinski definition) is 0. The van der Waals surface area contributed by atoms with Gasteiger partial charge in [0.1, 0.15) is 0 Å². The fourth-order valence-corrected chi connectivity index (χ4v) is 14.3. The Morgan fingerprint density at radius 3 is 1.61 bits per heavy atom. The first-order valence-electron chi connectivity index (χ1n) is 28.4. The summed E-state index contributed by atoms with van der Waals surface area (Å²) in [5.74, 6) is 0. The third kappa shape index (κ3) is 6.71. The minimum Gasteiger partial charge on any atom is -0.310 e. The Labute approximate surface area is 476 Å². The van der Waals surface area contributed by atoms with Crippen molar-refractivity contribution in [3.8, 4) is 67.0 Å². The Morgan fingerprint density at radius 1 is 0.256 bits per heavy atom. The molecule has 0 saturated heterocycles. The highest BCUT2D eigenvalue weighted by molar-refractivity contribution is 6.13. The van der Waals surface area contributed by atoms with E-state index in [-0.39, 0.29) is 0 Å². The third-order valence-electron chi connectivity index (χ3n) is 17.7. The first kappa shape index (κ1) is 46.2. The Bertz CT molecular complexity index is 5040. The van der Waals surface area contributed by atoms with Crippen LogP contribution in [0.25, 0.3) is 111 Å². The van der Waals surface area contributed by atoms with Crippen molar-refractivity contribution in [3.05, 3.63) is 332 Å². The van der Waals surface area contributed by atoms with E-state index in [4.69, 9.17) is 0 Å². The average Bonchev–Trinajstić information content (AvgIpc) is 1.55. The molecule has 3 heterocycles. The van der Waals surface area contributed by atoms with Crippen LogP contribution in [0, 0.1) is 0 Å². The molecule has 1 aliphatic carbocycles. The molecule has 1 aliphatic heterocycles. The molecule has 0 saturated carbocycles. The molecule has 1 unspecified atom stereocenters. The van der Waals surface area contributed by atoms with Crippen LogP contribution in [0.15, 0.2) is 309 Å². The normalized spacial score (nSPS) is 13.9. The lowest BCUT2D eigenvalue weighted by Crippen LogP contribution is -2.33. The molecule has 0 fully saturated rings. The van der Waals surface area contributed by atoms with Gasteiger partial charge in [-0.3, -0.25) is 0 Å². The summed E-state index contributed by atoms with van der Waals surface area (Å²) in [5.41, 5.74) is 27.2. The van der Waals surface area contributed by atoms with Gasteiger partial charge >= 0.3 is 0 Å². The number of fused-ring (bicyclic) bond motifs is 15. The van der Waals surface area contributed by atoms with Crippen LogP contribution in [0.5, 0.6) is 0 Å². The number of rotatable bonds is 8. The first-order chi connectivity index (χ1) is 40.7. The summed E-state index contributed by atoms with van der Waals surface area (Å²) in [6.07, 6.45) is 0. The molecule has 1 spiro atoms. The van der Waals surface area contributed by atoms with Crippen molar-refractivity contribution in [2.45, 2.75) is 5.41 Å². The summed E-state index contributed by atoms with van der Waals surface area (Å²) in [4.78, 5) is 2.46. The predicted octanol–water partition coefficient (Wildman–Crippen LogP) is 20.7. The molecule has 17 rings (SSSR count). The number of anilines is 3. The van der Waals surface area contributed by atoms with E-state index in [9.17, 15) is 0 Å². The first-order valence-corrected chi connectivity index (χ1v) is 28.4. The number of aromatic nitrogens is 2. The molecular weight excluding hydrogens is 991 g/mol. The second-order valence-corrected chi connectivity index (χ2v) is 21.9. The summed E-state index contributed by atoms with van der Waals surface area (Å²) >= 11 is 0. The minimum atomic E-state index is -0.553. The lowest BCUT2D eigenvalue weighted by Gasteiger charge is -2.39. The predicted molar refractivity (Wildman–Crippen MR) is 342 cm³/mol. The monoisotopic (exact) mass is 1040 g/mol. The van der Waals surface area contributed by atoms with Crippen molar-refractivity contribution in [1.29, 1.82) is 0 Å². The van der Waals surface area contributed by atoms with E-state index < -0.39 is 5.41 Å². The van der Waals surface area contributed by atoms with Crippen LogP contribution in [-0.4, -0.2) is 9.13 Å². The molecule has 82 heavy (non-hydrogen) atoms. The van der Waals surface area contributed by atoms with E-state index in [0.717, 1.165) is 39.4 Å². The van der Waals surface area contributed by atoms with Crippen molar-refractivity contribution in [3.63, 3.8) is 0 Å². The second kappa shape index (κ2) is 18.2. The van der Waals surface area contributed by atoms with Gasteiger partial charge in [0.05, 0.1) is 38.9 Å². The Hall–Kier alpha value is -10.7. The zero-order chi connectivity index (χ0) is 53.9. The molecule has 0 amide bonds. The lowest BCUT2D eigenvalue weighted by atomic mass is 9.65. The number of hydrogen-bond acceptors (Lipinski definition) is 1. The van der Waals surface area contributed by atoms with Crippen LogP contribution in [-0.2, 0) is 5.41 Å². The lowest BCUT2D eigenvalue weighted by molar-refractivity contribution is 0.749. The molecule has 1 atom stereocenters. The summed E-state index contributed by atoms with van der Waals surface area (Å²) in [6.45, 7) is 0. The van der Waals surface area contributed by atoms with Crippen LogP contribution in [0.1, 0.15) is 22.3 Å². The average molecular weight is 1040 g/mol. The van der Waals surface area contributed by atoms with Crippen LogP contribution in [0.4, 0.5) is 17.1 Å². The fourth-order valence-electron chi connectivity index (χ4n) is 14.3. The molecule has 2 aromatic heterocycles. The SMILES string of the molecule is c1ccc(-c2ccccc2-c2ccccc2N(c2ccc(-c3ccc4c(c3)c3ccccc3n4-c3ccccc3)cc2)c2cccc(-c3ccc4c(c3)C3(c5ccccc5-4)c4ccccc4-n4c5ccccc5c5cccc3c54)c2)cc1. The molecule has 0 N–H and O–H groups in total. The summed E-state index contributed by atoms with van der Waals surface area (Å²) in [5, 5.41) is 5.04. The van der Waals surface area contributed by atoms with Crippen molar-refractivity contribution in [2.24, 2.45) is 0 Å². The van der Waals surface area contributed by atoms with Crippen molar-refractivity contribution < 1.29 is 0 Å².